The molecule has 1 saturated heterocycles. The summed E-state index contributed by atoms with van der Waals surface area (Å²) in [6.45, 7) is 3.53. The molecule has 1 aliphatic heterocycles. The highest BCUT2D eigenvalue weighted by Crippen LogP contribution is 2.37. The Kier molecular flexibility index (Phi) is 7.92. The van der Waals surface area contributed by atoms with Crippen LogP contribution in [0.15, 0.2) is 79.0 Å². The number of aromatic carboxylic acids is 1. The second-order valence-corrected chi connectivity index (χ2v) is 11.4. The van der Waals surface area contributed by atoms with Gasteiger partial charge in [0.1, 0.15) is 23.4 Å². The van der Waals surface area contributed by atoms with E-state index in [4.69, 9.17) is 4.74 Å². The van der Waals surface area contributed by atoms with Crippen LogP contribution in [0.25, 0.3) is 17.1 Å². The summed E-state index contributed by atoms with van der Waals surface area (Å²) in [5, 5.41) is 9.30. The van der Waals surface area contributed by atoms with Crippen LogP contribution >= 0.6 is 0 Å². The molecule has 2 aliphatic rings. The summed E-state index contributed by atoms with van der Waals surface area (Å²) in [6, 6.07) is 21.1. The number of hydrogen-bond acceptors (Lipinski definition) is 4. The number of rotatable bonds is 8. The van der Waals surface area contributed by atoms with Crippen molar-refractivity contribution in [2.75, 3.05) is 13.1 Å². The van der Waals surface area contributed by atoms with E-state index in [2.05, 4.69) is 17.1 Å². The number of carboxylic acids is 1. The molecule has 1 amide bonds. The van der Waals surface area contributed by atoms with Gasteiger partial charge in [-0.05, 0) is 80.0 Å². The number of piperidine rings is 1. The average Bonchev–Trinajstić information content (AvgIpc) is 3.77. The summed E-state index contributed by atoms with van der Waals surface area (Å²) in [4.78, 5) is 30.3. The molecule has 4 aromatic rings. The quantitative estimate of drug-likeness (QED) is 0.225. The first-order chi connectivity index (χ1) is 21.1. The number of aromatic nitrogens is 2. The van der Waals surface area contributed by atoms with E-state index in [1.54, 1.807) is 30.3 Å². The first-order valence-corrected chi connectivity index (χ1v) is 14.7. The van der Waals surface area contributed by atoms with Crippen molar-refractivity contribution < 1.29 is 32.6 Å². The summed E-state index contributed by atoms with van der Waals surface area (Å²) >= 11 is 0. The fraction of sp³-hybridized carbons (Fsp3) is 0.324. The summed E-state index contributed by atoms with van der Waals surface area (Å²) in [5.74, 6) is -0.244. The molecule has 10 heteroatoms. The lowest BCUT2D eigenvalue weighted by molar-refractivity contribution is -0.142. The Morgan fingerprint density at radius 3 is 2.30 bits per heavy atom. The van der Waals surface area contributed by atoms with E-state index in [0.29, 0.717) is 28.8 Å². The van der Waals surface area contributed by atoms with Gasteiger partial charge in [0.25, 0.3) is 0 Å². The number of hydrogen-bond donors (Lipinski definition) is 1. The molecule has 0 spiro atoms. The van der Waals surface area contributed by atoms with Crippen molar-refractivity contribution in [1.29, 1.82) is 0 Å². The number of carbonyl (C=O) groups is 2. The van der Waals surface area contributed by atoms with Gasteiger partial charge in [-0.3, -0.25) is 9.36 Å². The molecule has 2 aromatic carbocycles. The Morgan fingerprint density at radius 1 is 0.932 bits per heavy atom. The SMILES string of the molecule is CC(Oc1ccccc1-c1cccc(-n2ccc(C(=O)O)c2C(F)(F)F)n1)c1ccc(C2CCN(C(=O)C3CC3)CC2)cc1. The average molecular weight is 604 g/mol. The number of alkyl halides is 3. The molecule has 44 heavy (non-hydrogen) atoms. The molecule has 0 bridgehead atoms. The largest absolute Gasteiger partial charge is 0.485 e. The standard InChI is InChI=1S/C34H32F3N3O4/c1-21(22-9-11-23(12-10-22)24-15-18-39(19-16-24)32(41)25-13-14-25)44-29-7-3-2-5-26(29)28-6-4-8-30(38-28)40-20-17-27(33(42)43)31(40)34(35,36)37/h2-12,17,20-21,24-25H,13-16,18-19H2,1H3,(H,42,43). The van der Waals surface area contributed by atoms with Gasteiger partial charge in [-0.15, -0.1) is 0 Å². The fourth-order valence-corrected chi connectivity index (χ4v) is 5.89. The van der Waals surface area contributed by atoms with Gasteiger partial charge in [0, 0.05) is 30.8 Å². The lowest BCUT2D eigenvalue weighted by Crippen LogP contribution is -2.38. The number of carbonyl (C=O) groups excluding carboxylic acids is 1. The van der Waals surface area contributed by atoms with Gasteiger partial charge in [0.15, 0.2) is 0 Å². The van der Waals surface area contributed by atoms with Crippen LogP contribution in [0, 0.1) is 5.92 Å². The van der Waals surface area contributed by atoms with Gasteiger partial charge in [-0.2, -0.15) is 13.2 Å². The Balaban J connectivity index is 1.18. The van der Waals surface area contributed by atoms with Crippen molar-refractivity contribution in [2.24, 2.45) is 5.92 Å². The van der Waals surface area contributed by atoms with Crippen molar-refractivity contribution in [3.63, 3.8) is 0 Å². The van der Waals surface area contributed by atoms with E-state index in [9.17, 15) is 27.9 Å². The molecular weight excluding hydrogens is 571 g/mol. The van der Waals surface area contributed by atoms with Crippen molar-refractivity contribution in [3.8, 4) is 22.8 Å². The number of halogens is 3. The third kappa shape index (κ3) is 6.06. The fourth-order valence-electron chi connectivity index (χ4n) is 5.89. The van der Waals surface area contributed by atoms with E-state index in [-0.39, 0.29) is 17.8 Å². The molecule has 1 aliphatic carbocycles. The smallest absolute Gasteiger partial charge is 0.432 e. The maximum absolute atomic E-state index is 13.8. The number of amides is 1. The highest BCUT2D eigenvalue weighted by molar-refractivity contribution is 5.89. The van der Waals surface area contributed by atoms with Crippen LogP contribution in [0.3, 0.4) is 0 Å². The van der Waals surface area contributed by atoms with Crippen LogP contribution < -0.4 is 4.74 Å². The molecule has 228 valence electrons. The predicted molar refractivity (Wildman–Crippen MR) is 158 cm³/mol. The van der Waals surface area contributed by atoms with E-state index in [1.807, 2.05) is 30.0 Å². The zero-order valence-corrected chi connectivity index (χ0v) is 24.1. The van der Waals surface area contributed by atoms with E-state index < -0.39 is 23.4 Å². The Labute approximate surface area is 252 Å². The Bertz CT molecular complexity index is 1670. The number of benzene rings is 2. The molecule has 1 unspecified atom stereocenters. The zero-order valence-electron chi connectivity index (χ0n) is 24.1. The molecule has 1 saturated carbocycles. The third-order valence-corrected chi connectivity index (χ3v) is 8.44. The summed E-state index contributed by atoms with van der Waals surface area (Å²) < 4.78 is 48.6. The third-order valence-electron chi connectivity index (χ3n) is 8.44. The Morgan fingerprint density at radius 2 is 1.64 bits per heavy atom. The zero-order chi connectivity index (χ0) is 31.0. The van der Waals surface area contributed by atoms with Crippen LogP contribution in [-0.4, -0.2) is 44.5 Å². The van der Waals surface area contributed by atoms with Gasteiger partial charge in [-0.1, -0.05) is 42.5 Å². The second-order valence-electron chi connectivity index (χ2n) is 11.4. The molecule has 7 nitrogen and oxygen atoms in total. The highest BCUT2D eigenvalue weighted by Gasteiger charge is 2.40. The van der Waals surface area contributed by atoms with Crippen molar-refractivity contribution in [3.05, 3.63) is 101 Å². The van der Waals surface area contributed by atoms with Gasteiger partial charge in [0.05, 0.1) is 11.3 Å². The normalized spacial score (nSPS) is 16.5. The minimum Gasteiger partial charge on any atom is -0.485 e. The minimum absolute atomic E-state index is 0.0662. The second kappa shape index (κ2) is 11.8. The number of carboxylic acid groups (broad SMARTS) is 1. The van der Waals surface area contributed by atoms with E-state index in [1.165, 1.54) is 11.6 Å². The molecule has 0 radical (unpaired) electrons. The van der Waals surface area contributed by atoms with Crippen LogP contribution in [0.5, 0.6) is 5.75 Å². The first-order valence-electron chi connectivity index (χ1n) is 14.7. The van der Waals surface area contributed by atoms with E-state index in [0.717, 1.165) is 61.2 Å². The van der Waals surface area contributed by atoms with Crippen LogP contribution in [0.1, 0.15) is 71.8 Å². The molecule has 1 N–H and O–H groups in total. The van der Waals surface area contributed by atoms with E-state index >= 15 is 0 Å². The number of pyridine rings is 1. The topological polar surface area (TPSA) is 84.7 Å². The van der Waals surface area contributed by atoms with Gasteiger partial charge in [-0.25, -0.2) is 9.78 Å². The van der Waals surface area contributed by atoms with Crippen molar-refractivity contribution in [2.45, 2.75) is 50.8 Å². The van der Waals surface area contributed by atoms with Crippen LogP contribution in [-0.2, 0) is 11.0 Å². The predicted octanol–water partition coefficient (Wildman–Crippen LogP) is 7.51. The molecule has 2 fully saturated rings. The number of likely N-dealkylation sites (tertiary alicyclic amines) is 1. The molecule has 3 heterocycles. The monoisotopic (exact) mass is 603 g/mol. The number of ether oxygens (including phenoxy) is 1. The summed E-state index contributed by atoms with van der Waals surface area (Å²) in [7, 11) is 0. The Hall–Kier alpha value is -4.60. The number of nitrogens with zero attached hydrogens (tertiary/aromatic N) is 3. The highest BCUT2D eigenvalue weighted by atomic mass is 19.4. The minimum atomic E-state index is -4.90. The van der Waals surface area contributed by atoms with Gasteiger partial charge >= 0.3 is 12.1 Å². The molecule has 6 rings (SSSR count). The van der Waals surface area contributed by atoms with Gasteiger partial charge < -0.3 is 14.7 Å². The van der Waals surface area contributed by atoms with Crippen molar-refractivity contribution in [1.82, 2.24) is 14.5 Å². The lowest BCUT2D eigenvalue weighted by Gasteiger charge is -2.32. The lowest BCUT2D eigenvalue weighted by atomic mass is 9.88. The molecule has 2 aromatic heterocycles. The maximum atomic E-state index is 13.8. The van der Waals surface area contributed by atoms with Gasteiger partial charge in [0.2, 0.25) is 5.91 Å². The molecular formula is C34H32F3N3O4. The summed E-state index contributed by atoms with van der Waals surface area (Å²) in [6.07, 6.45) is -0.204. The van der Waals surface area contributed by atoms with Crippen LogP contribution in [0.2, 0.25) is 0 Å². The number of para-hydroxylation sites is 1. The summed E-state index contributed by atoms with van der Waals surface area (Å²) in [5.41, 5.74) is 1.04. The first kappa shape index (κ1) is 29.5. The van der Waals surface area contributed by atoms with Crippen molar-refractivity contribution >= 4 is 11.9 Å². The van der Waals surface area contributed by atoms with Crippen LogP contribution in [0.4, 0.5) is 13.2 Å². The maximum Gasteiger partial charge on any atom is 0.432 e. The molecule has 1 atom stereocenters.